The second-order valence-electron chi connectivity index (χ2n) is 2.82. The minimum atomic E-state index is 1.02. The van der Waals surface area contributed by atoms with Crippen LogP contribution in [0.25, 0.3) is 0 Å². The lowest BCUT2D eigenvalue weighted by Crippen LogP contribution is -2.10. The van der Waals surface area contributed by atoms with Gasteiger partial charge in [-0.3, -0.25) is 0 Å². The van der Waals surface area contributed by atoms with Crippen molar-refractivity contribution in [1.29, 1.82) is 0 Å². The normalized spacial score (nSPS) is 10.6. The van der Waals surface area contributed by atoms with Crippen molar-refractivity contribution >= 4 is 11.3 Å². The Morgan fingerprint density at radius 1 is 1.50 bits per heavy atom. The van der Waals surface area contributed by atoms with Gasteiger partial charge in [0.05, 0.1) is 10.7 Å². The zero-order chi connectivity index (χ0) is 8.97. The second-order valence-corrected chi connectivity index (χ2v) is 4.11. The van der Waals surface area contributed by atoms with Crippen molar-refractivity contribution < 1.29 is 0 Å². The molecule has 0 aromatic carbocycles. The highest BCUT2D eigenvalue weighted by molar-refractivity contribution is 7.11. The number of hydrogen-bond donors (Lipinski definition) is 1. The van der Waals surface area contributed by atoms with Gasteiger partial charge in [-0.05, 0) is 20.4 Å². The van der Waals surface area contributed by atoms with Crippen molar-refractivity contribution in [2.45, 2.75) is 26.7 Å². The van der Waals surface area contributed by atoms with Crippen molar-refractivity contribution in [2.75, 3.05) is 13.6 Å². The molecule has 0 saturated carbocycles. The van der Waals surface area contributed by atoms with Crippen LogP contribution < -0.4 is 5.32 Å². The van der Waals surface area contributed by atoms with E-state index < -0.39 is 0 Å². The molecule has 0 bridgehead atoms. The molecule has 1 aromatic rings. The molecule has 0 radical (unpaired) electrons. The second kappa shape index (κ2) is 4.58. The van der Waals surface area contributed by atoms with Crippen LogP contribution in [0.1, 0.15) is 22.5 Å². The van der Waals surface area contributed by atoms with Crippen LogP contribution in [0.4, 0.5) is 0 Å². The number of likely N-dealkylation sites (N-methyl/N-ethyl adjacent to an activating group) is 1. The van der Waals surface area contributed by atoms with Crippen LogP contribution in [0, 0.1) is 6.92 Å². The van der Waals surface area contributed by atoms with Crippen LogP contribution in [0.5, 0.6) is 0 Å². The first-order valence-electron chi connectivity index (χ1n) is 4.37. The molecule has 0 aliphatic carbocycles. The summed E-state index contributed by atoms with van der Waals surface area (Å²) in [5, 5.41) is 4.39. The number of thiazole rings is 1. The minimum Gasteiger partial charge on any atom is -0.319 e. The van der Waals surface area contributed by atoms with E-state index in [1.165, 1.54) is 15.6 Å². The Hall–Kier alpha value is -0.410. The number of hydrogen-bond acceptors (Lipinski definition) is 3. The molecule has 0 amide bonds. The van der Waals surface area contributed by atoms with Gasteiger partial charge in [0.25, 0.3) is 0 Å². The van der Waals surface area contributed by atoms with Gasteiger partial charge in [0.1, 0.15) is 0 Å². The number of rotatable bonds is 4. The average molecular weight is 184 g/mol. The molecule has 0 unspecified atom stereocenters. The molecule has 1 heterocycles. The van der Waals surface area contributed by atoms with Gasteiger partial charge in [0.2, 0.25) is 0 Å². The van der Waals surface area contributed by atoms with E-state index in [9.17, 15) is 0 Å². The molecule has 0 fully saturated rings. The van der Waals surface area contributed by atoms with Crippen molar-refractivity contribution in [1.82, 2.24) is 10.3 Å². The van der Waals surface area contributed by atoms with Gasteiger partial charge in [0, 0.05) is 17.8 Å². The third kappa shape index (κ3) is 2.29. The summed E-state index contributed by atoms with van der Waals surface area (Å²) in [5.41, 5.74) is 1.27. The lowest BCUT2D eigenvalue weighted by atomic mass is 10.3. The lowest BCUT2D eigenvalue weighted by molar-refractivity contribution is 0.784. The van der Waals surface area contributed by atoms with Gasteiger partial charge < -0.3 is 5.32 Å². The van der Waals surface area contributed by atoms with E-state index >= 15 is 0 Å². The average Bonchev–Trinajstić information content (AvgIpc) is 2.43. The van der Waals surface area contributed by atoms with E-state index in [4.69, 9.17) is 0 Å². The molecule has 1 aromatic heterocycles. The summed E-state index contributed by atoms with van der Waals surface area (Å²) in [7, 11) is 1.97. The minimum absolute atomic E-state index is 1.02. The van der Waals surface area contributed by atoms with E-state index in [-0.39, 0.29) is 0 Å². The predicted octanol–water partition coefficient (Wildman–Crippen LogP) is 1.78. The van der Waals surface area contributed by atoms with Crippen LogP contribution >= 0.6 is 11.3 Å². The number of nitrogens with one attached hydrogen (secondary N) is 1. The topological polar surface area (TPSA) is 24.9 Å². The number of aryl methyl sites for hydroxylation is 2. The Morgan fingerprint density at radius 2 is 2.25 bits per heavy atom. The third-order valence-corrected chi connectivity index (χ3v) is 2.93. The quantitative estimate of drug-likeness (QED) is 0.771. The smallest absolute Gasteiger partial charge is 0.0943 e. The Morgan fingerprint density at radius 3 is 2.75 bits per heavy atom. The summed E-state index contributed by atoms with van der Waals surface area (Å²) in [5.74, 6) is 0. The fraction of sp³-hybridized carbons (Fsp3) is 0.667. The molecule has 0 aliphatic rings. The van der Waals surface area contributed by atoms with E-state index in [0.717, 1.165) is 19.4 Å². The molecular formula is C9H16N2S. The van der Waals surface area contributed by atoms with Crippen LogP contribution in [0.2, 0.25) is 0 Å². The maximum Gasteiger partial charge on any atom is 0.0943 e. The van der Waals surface area contributed by atoms with Crippen molar-refractivity contribution in [3.8, 4) is 0 Å². The van der Waals surface area contributed by atoms with E-state index in [1.54, 1.807) is 0 Å². The van der Waals surface area contributed by atoms with Gasteiger partial charge >= 0.3 is 0 Å². The van der Waals surface area contributed by atoms with Crippen LogP contribution in [-0.2, 0) is 12.8 Å². The first-order valence-corrected chi connectivity index (χ1v) is 5.19. The summed E-state index contributed by atoms with van der Waals surface area (Å²) >= 11 is 1.83. The lowest BCUT2D eigenvalue weighted by Gasteiger charge is -1.92. The maximum absolute atomic E-state index is 4.54. The predicted molar refractivity (Wildman–Crippen MR) is 53.9 cm³/mol. The fourth-order valence-corrected chi connectivity index (χ4v) is 2.18. The molecule has 3 heteroatoms. The highest BCUT2D eigenvalue weighted by Crippen LogP contribution is 2.17. The molecule has 0 atom stereocenters. The maximum atomic E-state index is 4.54. The van der Waals surface area contributed by atoms with E-state index in [2.05, 4.69) is 24.1 Å². The Bertz CT molecular complexity index is 243. The molecule has 0 aliphatic heterocycles. The Balaban J connectivity index is 2.62. The van der Waals surface area contributed by atoms with E-state index in [1.807, 2.05) is 18.4 Å². The molecule has 2 nitrogen and oxygen atoms in total. The molecule has 68 valence electrons. The highest BCUT2D eigenvalue weighted by atomic mass is 32.1. The first kappa shape index (κ1) is 9.68. The van der Waals surface area contributed by atoms with Gasteiger partial charge in [-0.1, -0.05) is 6.92 Å². The van der Waals surface area contributed by atoms with Crippen molar-refractivity contribution in [2.24, 2.45) is 0 Å². The highest BCUT2D eigenvalue weighted by Gasteiger charge is 2.04. The van der Waals surface area contributed by atoms with Crippen molar-refractivity contribution in [3.05, 3.63) is 15.6 Å². The summed E-state index contributed by atoms with van der Waals surface area (Å²) in [6.45, 7) is 5.33. The largest absolute Gasteiger partial charge is 0.319 e. The van der Waals surface area contributed by atoms with Gasteiger partial charge in [-0.25, -0.2) is 4.98 Å². The molecule has 1 rings (SSSR count). The van der Waals surface area contributed by atoms with Crippen molar-refractivity contribution in [3.63, 3.8) is 0 Å². The van der Waals surface area contributed by atoms with Gasteiger partial charge in [-0.15, -0.1) is 11.3 Å². The van der Waals surface area contributed by atoms with Gasteiger partial charge in [0.15, 0.2) is 0 Å². The zero-order valence-electron chi connectivity index (χ0n) is 7.98. The molecule has 0 spiro atoms. The molecule has 12 heavy (non-hydrogen) atoms. The third-order valence-electron chi connectivity index (χ3n) is 1.86. The number of aromatic nitrogens is 1. The van der Waals surface area contributed by atoms with E-state index in [0.29, 0.717) is 0 Å². The molecule has 0 saturated heterocycles. The summed E-state index contributed by atoms with van der Waals surface area (Å²) in [6, 6.07) is 0. The fourth-order valence-electron chi connectivity index (χ4n) is 1.15. The summed E-state index contributed by atoms with van der Waals surface area (Å²) in [4.78, 5) is 5.92. The van der Waals surface area contributed by atoms with Crippen LogP contribution in [-0.4, -0.2) is 18.6 Å². The molecule has 1 N–H and O–H groups in total. The monoisotopic (exact) mass is 184 g/mol. The first-order chi connectivity index (χ1) is 5.77. The number of nitrogens with zero attached hydrogens (tertiary/aromatic N) is 1. The van der Waals surface area contributed by atoms with Crippen LogP contribution in [0.15, 0.2) is 0 Å². The van der Waals surface area contributed by atoms with Crippen LogP contribution in [0.3, 0.4) is 0 Å². The standard InChI is InChI=1S/C9H16N2S/c1-4-8-7(2)12-9(11-8)5-6-10-3/h10H,4-6H2,1-3H3. The summed E-state index contributed by atoms with van der Waals surface area (Å²) in [6.07, 6.45) is 2.11. The zero-order valence-corrected chi connectivity index (χ0v) is 8.79. The van der Waals surface area contributed by atoms with Gasteiger partial charge in [-0.2, -0.15) is 0 Å². The Labute approximate surface area is 78.0 Å². The molecular weight excluding hydrogens is 168 g/mol. The Kier molecular flexibility index (Phi) is 3.69. The summed E-state index contributed by atoms with van der Waals surface area (Å²) < 4.78 is 0. The SMILES string of the molecule is CCc1nc(CCNC)sc1C.